The maximum atomic E-state index is 12.7. The van der Waals surface area contributed by atoms with Crippen LogP contribution in [-0.4, -0.2) is 55.1 Å². The average Bonchev–Trinajstić information content (AvgIpc) is 2.74. The smallest absolute Gasteiger partial charge is 0.272 e. The molecule has 0 N–H and O–H groups in total. The molecule has 2 aliphatic heterocycles. The summed E-state index contributed by atoms with van der Waals surface area (Å²) in [6.45, 7) is 7.84. The molecule has 0 bridgehead atoms. The van der Waals surface area contributed by atoms with Crippen LogP contribution >= 0.6 is 0 Å². The molecule has 5 heteroatoms. The summed E-state index contributed by atoms with van der Waals surface area (Å²) in [6, 6.07) is 14.5. The molecular formula is C22H28N4O. The SMILES string of the molecule is CC1CCCN(C(=O)c2ccc(N3CCN(c4ccccc4)CC3)cn2)C1. The predicted molar refractivity (Wildman–Crippen MR) is 109 cm³/mol. The fourth-order valence-corrected chi connectivity index (χ4v) is 4.10. The largest absolute Gasteiger partial charge is 0.368 e. The molecule has 5 nitrogen and oxygen atoms in total. The van der Waals surface area contributed by atoms with Gasteiger partial charge in [-0.15, -0.1) is 0 Å². The van der Waals surface area contributed by atoms with Crippen molar-refractivity contribution >= 4 is 17.3 Å². The Labute approximate surface area is 161 Å². The fraction of sp³-hybridized carbons (Fsp3) is 0.455. The second-order valence-corrected chi connectivity index (χ2v) is 7.71. The molecule has 1 aromatic carbocycles. The first kappa shape index (κ1) is 17.8. The van der Waals surface area contributed by atoms with Gasteiger partial charge in [-0.1, -0.05) is 25.1 Å². The second-order valence-electron chi connectivity index (χ2n) is 7.71. The van der Waals surface area contributed by atoms with Gasteiger partial charge in [-0.25, -0.2) is 4.98 Å². The topological polar surface area (TPSA) is 39.7 Å². The molecule has 0 spiro atoms. The standard InChI is InChI=1S/C22H28N4O/c1-18-6-5-11-26(17-18)22(27)21-10-9-20(16-23-21)25-14-12-24(13-15-25)19-7-3-2-4-8-19/h2-4,7-10,16,18H,5-6,11-15,17H2,1H3. The van der Waals surface area contributed by atoms with Crippen molar-refractivity contribution in [3.8, 4) is 0 Å². The first-order chi connectivity index (χ1) is 13.2. The number of para-hydroxylation sites is 1. The van der Waals surface area contributed by atoms with E-state index >= 15 is 0 Å². The lowest BCUT2D eigenvalue weighted by Gasteiger charge is -2.37. The summed E-state index contributed by atoms with van der Waals surface area (Å²) in [5.41, 5.74) is 2.95. The molecule has 2 fully saturated rings. The summed E-state index contributed by atoms with van der Waals surface area (Å²) in [5.74, 6) is 0.657. The van der Waals surface area contributed by atoms with Gasteiger partial charge in [0.25, 0.3) is 5.91 Å². The third-order valence-electron chi connectivity index (χ3n) is 5.68. The molecule has 0 saturated carbocycles. The van der Waals surface area contributed by atoms with Crippen LogP contribution in [0, 0.1) is 5.92 Å². The van der Waals surface area contributed by atoms with Crippen molar-refractivity contribution < 1.29 is 4.79 Å². The Morgan fingerprint density at radius 1 is 0.926 bits per heavy atom. The zero-order valence-electron chi connectivity index (χ0n) is 16.1. The van der Waals surface area contributed by atoms with Crippen LogP contribution in [0.25, 0.3) is 0 Å². The summed E-state index contributed by atoms with van der Waals surface area (Å²) < 4.78 is 0. The van der Waals surface area contributed by atoms with Gasteiger partial charge < -0.3 is 14.7 Å². The normalized spacial score (nSPS) is 20.6. The molecule has 0 radical (unpaired) electrons. The highest BCUT2D eigenvalue weighted by Gasteiger charge is 2.23. The summed E-state index contributed by atoms with van der Waals surface area (Å²) in [7, 11) is 0. The van der Waals surface area contributed by atoms with Crippen LogP contribution in [0.5, 0.6) is 0 Å². The number of hydrogen-bond donors (Lipinski definition) is 0. The number of carbonyl (C=O) groups excluding carboxylic acids is 1. The molecule has 4 rings (SSSR count). The number of aromatic nitrogens is 1. The van der Waals surface area contributed by atoms with Crippen molar-refractivity contribution in [2.75, 3.05) is 49.1 Å². The van der Waals surface area contributed by atoms with E-state index in [2.05, 4.69) is 52.0 Å². The van der Waals surface area contributed by atoms with Crippen LogP contribution in [0.2, 0.25) is 0 Å². The van der Waals surface area contributed by atoms with E-state index in [0.717, 1.165) is 51.4 Å². The van der Waals surface area contributed by atoms with Crippen molar-refractivity contribution in [2.45, 2.75) is 19.8 Å². The summed E-state index contributed by atoms with van der Waals surface area (Å²) >= 11 is 0. The van der Waals surface area contributed by atoms with Gasteiger partial charge in [0, 0.05) is 45.0 Å². The zero-order chi connectivity index (χ0) is 18.6. The van der Waals surface area contributed by atoms with E-state index in [1.807, 2.05) is 23.2 Å². The highest BCUT2D eigenvalue weighted by atomic mass is 16.2. The number of nitrogens with zero attached hydrogens (tertiary/aromatic N) is 4. The van der Waals surface area contributed by atoms with Crippen molar-refractivity contribution in [3.63, 3.8) is 0 Å². The number of carbonyl (C=O) groups is 1. The van der Waals surface area contributed by atoms with E-state index in [1.54, 1.807) is 0 Å². The molecule has 0 aliphatic carbocycles. The lowest BCUT2D eigenvalue weighted by Crippen LogP contribution is -2.46. The van der Waals surface area contributed by atoms with Crippen LogP contribution in [0.15, 0.2) is 48.7 Å². The van der Waals surface area contributed by atoms with E-state index in [0.29, 0.717) is 11.6 Å². The summed E-state index contributed by atoms with van der Waals surface area (Å²) in [4.78, 5) is 23.9. The van der Waals surface area contributed by atoms with E-state index in [9.17, 15) is 4.79 Å². The minimum absolute atomic E-state index is 0.0713. The number of rotatable bonds is 3. The van der Waals surface area contributed by atoms with Crippen molar-refractivity contribution in [2.24, 2.45) is 5.92 Å². The number of piperidine rings is 1. The minimum Gasteiger partial charge on any atom is -0.368 e. The molecular weight excluding hydrogens is 336 g/mol. The molecule has 1 amide bonds. The van der Waals surface area contributed by atoms with Gasteiger partial charge in [-0.2, -0.15) is 0 Å². The number of piperazine rings is 1. The molecule has 27 heavy (non-hydrogen) atoms. The third kappa shape index (κ3) is 4.07. The number of benzene rings is 1. The Balaban J connectivity index is 1.36. The molecule has 142 valence electrons. The number of hydrogen-bond acceptors (Lipinski definition) is 4. The number of amides is 1. The van der Waals surface area contributed by atoms with E-state index in [4.69, 9.17) is 0 Å². The number of pyridine rings is 1. The zero-order valence-corrected chi connectivity index (χ0v) is 16.1. The van der Waals surface area contributed by atoms with Crippen LogP contribution in [0.3, 0.4) is 0 Å². The van der Waals surface area contributed by atoms with E-state index in [1.165, 1.54) is 12.1 Å². The van der Waals surface area contributed by atoms with Crippen LogP contribution in [-0.2, 0) is 0 Å². The van der Waals surface area contributed by atoms with Crippen LogP contribution in [0.4, 0.5) is 11.4 Å². The maximum absolute atomic E-state index is 12.7. The van der Waals surface area contributed by atoms with Gasteiger partial charge in [-0.3, -0.25) is 4.79 Å². The van der Waals surface area contributed by atoms with Crippen LogP contribution in [0.1, 0.15) is 30.3 Å². The molecule has 1 unspecified atom stereocenters. The highest BCUT2D eigenvalue weighted by molar-refractivity contribution is 5.92. The molecule has 3 heterocycles. The Morgan fingerprint density at radius 3 is 2.26 bits per heavy atom. The maximum Gasteiger partial charge on any atom is 0.272 e. The highest BCUT2D eigenvalue weighted by Crippen LogP contribution is 2.21. The summed E-state index contributed by atoms with van der Waals surface area (Å²) in [5, 5.41) is 0. The van der Waals surface area contributed by atoms with Crippen molar-refractivity contribution in [1.82, 2.24) is 9.88 Å². The Hall–Kier alpha value is -2.56. The lowest BCUT2D eigenvalue weighted by molar-refractivity contribution is 0.0677. The predicted octanol–water partition coefficient (Wildman–Crippen LogP) is 3.28. The van der Waals surface area contributed by atoms with Gasteiger partial charge in [0.15, 0.2) is 0 Å². The van der Waals surface area contributed by atoms with E-state index < -0.39 is 0 Å². The Bertz CT molecular complexity index is 754. The summed E-state index contributed by atoms with van der Waals surface area (Å²) in [6.07, 6.45) is 4.17. The molecule has 1 atom stereocenters. The molecule has 2 aliphatic rings. The second kappa shape index (κ2) is 7.99. The third-order valence-corrected chi connectivity index (χ3v) is 5.68. The monoisotopic (exact) mass is 364 g/mol. The van der Waals surface area contributed by atoms with Crippen LogP contribution < -0.4 is 9.80 Å². The molecule has 2 saturated heterocycles. The quantitative estimate of drug-likeness (QED) is 0.838. The number of anilines is 2. The molecule has 2 aromatic rings. The molecule has 1 aromatic heterocycles. The number of likely N-dealkylation sites (tertiary alicyclic amines) is 1. The van der Waals surface area contributed by atoms with Gasteiger partial charge in [-0.05, 0) is 43.0 Å². The average molecular weight is 364 g/mol. The fourth-order valence-electron chi connectivity index (χ4n) is 4.10. The first-order valence-electron chi connectivity index (χ1n) is 10.0. The van der Waals surface area contributed by atoms with E-state index in [-0.39, 0.29) is 5.91 Å². The Morgan fingerprint density at radius 2 is 1.63 bits per heavy atom. The first-order valence-corrected chi connectivity index (χ1v) is 10.0. The van der Waals surface area contributed by atoms with Crippen molar-refractivity contribution in [3.05, 3.63) is 54.4 Å². The Kier molecular flexibility index (Phi) is 5.28. The van der Waals surface area contributed by atoms with Gasteiger partial charge in [0.2, 0.25) is 0 Å². The van der Waals surface area contributed by atoms with Gasteiger partial charge >= 0.3 is 0 Å². The lowest BCUT2D eigenvalue weighted by atomic mass is 10.00. The minimum atomic E-state index is 0.0713. The van der Waals surface area contributed by atoms with Gasteiger partial charge in [0.1, 0.15) is 5.69 Å². The van der Waals surface area contributed by atoms with Crippen molar-refractivity contribution in [1.29, 1.82) is 0 Å². The van der Waals surface area contributed by atoms with Gasteiger partial charge in [0.05, 0.1) is 11.9 Å².